The zero-order valence-corrected chi connectivity index (χ0v) is 13.7. The number of amides is 1. The number of nitrogens with zero attached hydrogens (tertiary/aromatic N) is 1. The van der Waals surface area contributed by atoms with E-state index in [0.29, 0.717) is 37.1 Å². The molecule has 0 bridgehead atoms. The molecule has 1 amide bonds. The van der Waals surface area contributed by atoms with Gasteiger partial charge >= 0.3 is 0 Å². The summed E-state index contributed by atoms with van der Waals surface area (Å²) in [5.41, 5.74) is 1.20. The van der Waals surface area contributed by atoms with E-state index in [4.69, 9.17) is 9.47 Å². The van der Waals surface area contributed by atoms with Crippen LogP contribution < -0.4 is 14.8 Å². The first-order valence-corrected chi connectivity index (χ1v) is 8.56. The maximum atomic E-state index is 12.8. The van der Waals surface area contributed by atoms with E-state index in [0.717, 1.165) is 31.0 Å². The van der Waals surface area contributed by atoms with Gasteiger partial charge in [0.15, 0.2) is 11.5 Å². The van der Waals surface area contributed by atoms with Crippen LogP contribution in [0.25, 0.3) is 0 Å². The number of carbonyl (C=O) groups is 1. The molecular formula is C18H24N2O3. The molecule has 1 N–H and O–H groups in total. The van der Waals surface area contributed by atoms with Gasteiger partial charge in [-0.1, -0.05) is 6.07 Å². The minimum Gasteiger partial charge on any atom is -0.486 e. The van der Waals surface area contributed by atoms with Gasteiger partial charge in [0.25, 0.3) is 0 Å². The van der Waals surface area contributed by atoms with Gasteiger partial charge in [-0.2, -0.15) is 0 Å². The standard InChI is InChI=1S/C18H24N2O3/c1-11-9-20(10-12(2)19-11)18(21)15-8-14(15)13-3-4-16-17(7-13)23-6-5-22-16/h3-4,7,11-12,14-15,19H,5-6,8-10H2,1-2H3/t11-,12-,14-,15-/m1/s1. The van der Waals surface area contributed by atoms with Crippen molar-refractivity contribution in [1.82, 2.24) is 10.2 Å². The Bertz CT molecular complexity index is 608. The molecule has 1 saturated carbocycles. The van der Waals surface area contributed by atoms with E-state index in [1.165, 1.54) is 5.56 Å². The molecule has 5 nitrogen and oxygen atoms in total. The minimum atomic E-state index is 0.134. The zero-order valence-electron chi connectivity index (χ0n) is 13.7. The highest BCUT2D eigenvalue weighted by Gasteiger charge is 2.46. The Kier molecular flexibility index (Phi) is 3.68. The summed E-state index contributed by atoms with van der Waals surface area (Å²) in [7, 11) is 0. The van der Waals surface area contributed by atoms with Gasteiger partial charge in [0.05, 0.1) is 0 Å². The van der Waals surface area contributed by atoms with Crippen molar-refractivity contribution in [2.75, 3.05) is 26.3 Å². The molecule has 1 aromatic carbocycles. The van der Waals surface area contributed by atoms with Crippen LogP contribution in [-0.2, 0) is 4.79 Å². The zero-order chi connectivity index (χ0) is 16.0. The molecule has 2 aliphatic heterocycles. The van der Waals surface area contributed by atoms with Gasteiger partial charge in [-0.15, -0.1) is 0 Å². The second-order valence-corrected chi connectivity index (χ2v) is 7.06. The van der Waals surface area contributed by atoms with E-state index in [9.17, 15) is 4.79 Å². The van der Waals surface area contributed by atoms with Gasteiger partial charge in [-0.05, 0) is 43.9 Å². The molecule has 1 aliphatic carbocycles. The predicted octanol–water partition coefficient (Wildman–Crippen LogP) is 1.77. The van der Waals surface area contributed by atoms with Gasteiger partial charge in [-0.3, -0.25) is 4.79 Å². The van der Waals surface area contributed by atoms with Crippen LogP contribution in [-0.4, -0.2) is 49.2 Å². The highest BCUT2D eigenvalue weighted by molar-refractivity contribution is 5.83. The van der Waals surface area contributed by atoms with Crippen LogP contribution in [0.3, 0.4) is 0 Å². The largest absolute Gasteiger partial charge is 0.486 e. The number of nitrogens with one attached hydrogen (secondary N) is 1. The molecule has 3 aliphatic rings. The number of piperazine rings is 1. The molecule has 124 valence electrons. The molecule has 0 aromatic heterocycles. The Morgan fingerprint density at radius 2 is 1.83 bits per heavy atom. The van der Waals surface area contributed by atoms with Crippen molar-refractivity contribution in [3.63, 3.8) is 0 Å². The maximum absolute atomic E-state index is 12.8. The number of carbonyl (C=O) groups excluding carboxylic acids is 1. The molecule has 1 aromatic rings. The summed E-state index contributed by atoms with van der Waals surface area (Å²) in [6, 6.07) is 6.84. The molecule has 4 atom stereocenters. The van der Waals surface area contributed by atoms with E-state index < -0.39 is 0 Å². The summed E-state index contributed by atoms with van der Waals surface area (Å²) in [6.07, 6.45) is 0.950. The Hall–Kier alpha value is -1.75. The maximum Gasteiger partial charge on any atom is 0.226 e. The lowest BCUT2D eigenvalue weighted by Gasteiger charge is -2.36. The van der Waals surface area contributed by atoms with Crippen molar-refractivity contribution in [1.29, 1.82) is 0 Å². The van der Waals surface area contributed by atoms with Crippen LogP contribution in [0.5, 0.6) is 11.5 Å². The summed E-state index contributed by atoms with van der Waals surface area (Å²) < 4.78 is 11.2. The summed E-state index contributed by atoms with van der Waals surface area (Å²) in [5, 5.41) is 3.48. The molecule has 0 radical (unpaired) electrons. The fraction of sp³-hybridized carbons (Fsp3) is 0.611. The van der Waals surface area contributed by atoms with Crippen LogP contribution >= 0.6 is 0 Å². The molecular weight excluding hydrogens is 292 g/mol. The number of benzene rings is 1. The number of hydrogen-bond acceptors (Lipinski definition) is 4. The summed E-state index contributed by atoms with van der Waals surface area (Å²) in [4.78, 5) is 14.8. The summed E-state index contributed by atoms with van der Waals surface area (Å²) >= 11 is 0. The molecule has 1 saturated heterocycles. The van der Waals surface area contributed by atoms with E-state index in [-0.39, 0.29) is 5.92 Å². The lowest BCUT2D eigenvalue weighted by molar-refractivity contribution is -0.134. The van der Waals surface area contributed by atoms with Crippen LogP contribution in [0.2, 0.25) is 0 Å². The van der Waals surface area contributed by atoms with E-state index in [1.807, 2.05) is 11.0 Å². The molecule has 2 heterocycles. The monoisotopic (exact) mass is 316 g/mol. The van der Waals surface area contributed by atoms with Crippen molar-refractivity contribution in [3.8, 4) is 11.5 Å². The SMILES string of the molecule is C[C@@H]1CN(C(=O)[C@@H]2C[C@@H]2c2ccc3c(c2)OCCO3)C[C@@H](C)N1. The van der Waals surface area contributed by atoms with Gasteiger partial charge in [0.1, 0.15) is 13.2 Å². The van der Waals surface area contributed by atoms with Crippen LogP contribution in [0.15, 0.2) is 18.2 Å². The van der Waals surface area contributed by atoms with Gasteiger partial charge in [-0.25, -0.2) is 0 Å². The quantitative estimate of drug-likeness (QED) is 0.903. The average molecular weight is 316 g/mol. The van der Waals surface area contributed by atoms with Gasteiger partial charge in [0, 0.05) is 31.1 Å². The van der Waals surface area contributed by atoms with E-state index >= 15 is 0 Å². The molecule has 0 unspecified atom stereocenters. The lowest BCUT2D eigenvalue weighted by atomic mass is 10.1. The number of hydrogen-bond donors (Lipinski definition) is 1. The smallest absolute Gasteiger partial charge is 0.226 e. The number of fused-ring (bicyclic) bond motifs is 1. The van der Waals surface area contributed by atoms with E-state index in [1.54, 1.807) is 0 Å². The first-order chi connectivity index (χ1) is 11.1. The Balaban J connectivity index is 1.44. The molecule has 0 spiro atoms. The molecule has 5 heteroatoms. The summed E-state index contributed by atoms with van der Waals surface area (Å²) in [6.45, 7) is 7.11. The van der Waals surface area contributed by atoms with Gasteiger partial charge in [0.2, 0.25) is 5.91 Å². The fourth-order valence-electron chi connectivity index (χ4n) is 3.87. The van der Waals surface area contributed by atoms with Crippen molar-refractivity contribution in [3.05, 3.63) is 23.8 Å². The van der Waals surface area contributed by atoms with Crippen LogP contribution in [0.4, 0.5) is 0 Å². The second kappa shape index (κ2) is 5.71. The first kappa shape index (κ1) is 14.8. The third-order valence-electron chi connectivity index (χ3n) is 4.97. The second-order valence-electron chi connectivity index (χ2n) is 7.06. The summed E-state index contributed by atoms with van der Waals surface area (Å²) in [5.74, 6) is 2.41. The molecule has 2 fully saturated rings. The normalized spacial score (nSPS) is 32.5. The first-order valence-electron chi connectivity index (χ1n) is 8.56. The van der Waals surface area contributed by atoms with Crippen LogP contribution in [0, 0.1) is 5.92 Å². The highest BCUT2D eigenvalue weighted by Crippen LogP contribution is 2.50. The minimum absolute atomic E-state index is 0.134. The topological polar surface area (TPSA) is 50.8 Å². The molecule has 23 heavy (non-hydrogen) atoms. The average Bonchev–Trinajstić information content (AvgIpc) is 3.33. The van der Waals surface area contributed by atoms with Crippen LogP contribution in [0.1, 0.15) is 31.7 Å². The number of rotatable bonds is 2. The third-order valence-corrected chi connectivity index (χ3v) is 4.97. The fourth-order valence-corrected chi connectivity index (χ4v) is 3.87. The Morgan fingerprint density at radius 3 is 2.57 bits per heavy atom. The van der Waals surface area contributed by atoms with Gasteiger partial charge < -0.3 is 19.7 Å². The van der Waals surface area contributed by atoms with Crippen molar-refractivity contribution < 1.29 is 14.3 Å². The Morgan fingerprint density at radius 1 is 1.13 bits per heavy atom. The highest BCUT2D eigenvalue weighted by atomic mass is 16.6. The lowest BCUT2D eigenvalue weighted by Crippen LogP contribution is -2.56. The van der Waals surface area contributed by atoms with E-state index in [2.05, 4.69) is 31.3 Å². The Labute approximate surface area is 136 Å². The predicted molar refractivity (Wildman–Crippen MR) is 86.9 cm³/mol. The molecule has 4 rings (SSSR count). The number of ether oxygens (including phenoxy) is 2. The van der Waals surface area contributed by atoms with Crippen molar-refractivity contribution in [2.45, 2.75) is 38.3 Å². The third kappa shape index (κ3) is 2.90. The van der Waals surface area contributed by atoms with Crippen molar-refractivity contribution >= 4 is 5.91 Å². The van der Waals surface area contributed by atoms with Crippen molar-refractivity contribution in [2.24, 2.45) is 5.92 Å².